The molecule has 0 aliphatic heterocycles. The Morgan fingerprint density at radius 2 is 1.71 bits per heavy atom. The van der Waals surface area contributed by atoms with Crippen molar-refractivity contribution in [3.05, 3.63) is 0 Å². The number of rotatable bonds is 2. The highest BCUT2D eigenvalue weighted by molar-refractivity contribution is 4.89. The van der Waals surface area contributed by atoms with Gasteiger partial charge in [-0.05, 0) is 37.5 Å². The van der Waals surface area contributed by atoms with Crippen LogP contribution in [0, 0.1) is 23.7 Å². The van der Waals surface area contributed by atoms with Gasteiger partial charge in [0.25, 0.3) is 0 Å². The standard InChI is InChI=1S/C12H24O2/c1-7(2)10-6-5-8(3)11(9(4)13)12(10)14/h7-14H,5-6H2,1-4H3. The lowest BCUT2D eigenvalue weighted by Gasteiger charge is -2.42. The number of hydrogen-bond donors (Lipinski definition) is 2. The van der Waals surface area contributed by atoms with Crippen LogP contribution in [0.15, 0.2) is 0 Å². The summed E-state index contributed by atoms with van der Waals surface area (Å²) in [5, 5.41) is 19.8. The van der Waals surface area contributed by atoms with E-state index in [4.69, 9.17) is 0 Å². The van der Waals surface area contributed by atoms with E-state index in [9.17, 15) is 10.2 Å². The lowest BCUT2D eigenvalue weighted by atomic mass is 9.67. The van der Waals surface area contributed by atoms with E-state index in [2.05, 4.69) is 20.8 Å². The van der Waals surface area contributed by atoms with Crippen molar-refractivity contribution >= 4 is 0 Å². The predicted molar refractivity (Wildman–Crippen MR) is 57.9 cm³/mol. The molecule has 1 fully saturated rings. The zero-order chi connectivity index (χ0) is 10.9. The van der Waals surface area contributed by atoms with Gasteiger partial charge >= 0.3 is 0 Å². The van der Waals surface area contributed by atoms with Gasteiger partial charge in [-0.15, -0.1) is 0 Å². The quantitative estimate of drug-likeness (QED) is 0.716. The molecule has 5 atom stereocenters. The lowest BCUT2D eigenvalue weighted by Crippen LogP contribution is -2.45. The van der Waals surface area contributed by atoms with Crippen molar-refractivity contribution in [2.75, 3.05) is 0 Å². The zero-order valence-corrected chi connectivity index (χ0v) is 9.77. The van der Waals surface area contributed by atoms with Gasteiger partial charge in [-0.3, -0.25) is 0 Å². The van der Waals surface area contributed by atoms with Crippen LogP contribution in [0.1, 0.15) is 40.5 Å². The fraction of sp³-hybridized carbons (Fsp3) is 1.00. The van der Waals surface area contributed by atoms with Crippen molar-refractivity contribution in [3.63, 3.8) is 0 Å². The van der Waals surface area contributed by atoms with E-state index >= 15 is 0 Å². The average Bonchev–Trinajstić information content (AvgIpc) is 2.02. The molecule has 0 aromatic carbocycles. The summed E-state index contributed by atoms with van der Waals surface area (Å²) >= 11 is 0. The molecule has 0 heterocycles. The molecule has 5 unspecified atom stereocenters. The third-order valence-corrected chi connectivity index (χ3v) is 3.86. The van der Waals surface area contributed by atoms with E-state index in [0.717, 1.165) is 12.8 Å². The molecule has 2 N–H and O–H groups in total. The molecule has 1 rings (SSSR count). The fourth-order valence-corrected chi connectivity index (χ4v) is 2.93. The molecule has 0 aromatic rings. The molecule has 2 heteroatoms. The van der Waals surface area contributed by atoms with Crippen molar-refractivity contribution in [2.45, 2.75) is 52.7 Å². The molecule has 0 aromatic heterocycles. The van der Waals surface area contributed by atoms with Gasteiger partial charge in [-0.2, -0.15) is 0 Å². The molecule has 1 aliphatic carbocycles. The molecular weight excluding hydrogens is 176 g/mol. The Balaban J connectivity index is 2.72. The predicted octanol–water partition coefficient (Wildman–Crippen LogP) is 2.05. The van der Waals surface area contributed by atoms with Crippen LogP contribution in [-0.2, 0) is 0 Å². The van der Waals surface area contributed by atoms with E-state index in [1.807, 2.05) is 0 Å². The van der Waals surface area contributed by atoms with Crippen LogP contribution in [0.4, 0.5) is 0 Å². The summed E-state index contributed by atoms with van der Waals surface area (Å²) in [6, 6.07) is 0. The topological polar surface area (TPSA) is 40.5 Å². The molecule has 1 aliphatic rings. The van der Waals surface area contributed by atoms with Crippen LogP contribution in [0.3, 0.4) is 0 Å². The van der Waals surface area contributed by atoms with Gasteiger partial charge in [0.2, 0.25) is 0 Å². The van der Waals surface area contributed by atoms with Crippen LogP contribution >= 0.6 is 0 Å². The van der Waals surface area contributed by atoms with Gasteiger partial charge in [0.1, 0.15) is 0 Å². The van der Waals surface area contributed by atoms with E-state index in [0.29, 0.717) is 17.8 Å². The molecule has 1 saturated carbocycles. The first-order valence-corrected chi connectivity index (χ1v) is 5.81. The summed E-state index contributed by atoms with van der Waals surface area (Å²) in [7, 11) is 0. The number of aliphatic hydroxyl groups is 2. The minimum absolute atomic E-state index is 0.0659. The number of aliphatic hydroxyl groups excluding tert-OH is 2. The van der Waals surface area contributed by atoms with Crippen LogP contribution in [-0.4, -0.2) is 22.4 Å². The first-order chi connectivity index (χ1) is 6.45. The minimum Gasteiger partial charge on any atom is -0.393 e. The van der Waals surface area contributed by atoms with Gasteiger partial charge in [-0.25, -0.2) is 0 Å². The normalized spacial score (nSPS) is 41.4. The Hall–Kier alpha value is -0.0800. The van der Waals surface area contributed by atoms with Gasteiger partial charge < -0.3 is 10.2 Å². The van der Waals surface area contributed by atoms with Crippen molar-refractivity contribution in [1.29, 1.82) is 0 Å². The smallest absolute Gasteiger partial charge is 0.0626 e. The Bertz CT molecular complexity index is 177. The highest BCUT2D eigenvalue weighted by atomic mass is 16.3. The fourth-order valence-electron chi connectivity index (χ4n) is 2.93. The summed E-state index contributed by atoms with van der Waals surface area (Å²) in [5.41, 5.74) is 0. The second kappa shape index (κ2) is 4.63. The molecular formula is C12H24O2. The Morgan fingerprint density at radius 3 is 2.14 bits per heavy atom. The van der Waals surface area contributed by atoms with Crippen molar-refractivity contribution < 1.29 is 10.2 Å². The van der Waals surface area contributed by atoms with Crippen LogP contribution in [0.2, 0.25) is 0 Å². The second-order valence-corrected chi connectivity index (χ2v) is 5.27. The SMILES string of the molecule is CC(C)C1CCC(C)C(C(C)O)C1O. The molecule has 2 nitrogen and oxygen atoms in total. The van der Waals surface area contributed by atoms with Gasteiger partial charge in [0.15, 0.2) is 0 Å². The van der Waals surface area contributed by atoms with E-state index in [1.165, 1.54) is 0 Å². The number of hydrogen-bond acceptors (Lipinski definition) is 2. The lowest BCUT2D eigenvalue weighted by molar-refractivity contribution is -0.0751. The summed E-state index contributed by atoms with van der Waals surface area (Å²) in [6.07, 6.45) is 1.53. The summed E-state index contributed by atoms with van der Waals surface area (Å²) in [6.45, 7) is 8.25. The summed E-state index contributed by atoms with van der Waals surface area (Å²) < 4.78 is 0. The third-order valence-electron chi connectivity index (χ3n) is 3.86. The Labute approximate surface area is 87.3 Å². The highest BCUT2D eigenvalue weighted by Crippen LogP contribution is 2.39. The maximum atomic E-state index is 10.2. The summed E-state index contributed by atoms with van der Waals surface area (Å²) in [4.78, 5) is 0. The highest BCUT2D eigenvalue weighted by Gasteiger charge is 2.39. The largest absolute Gasteiger partial charge is 0.393 e. The van der Waals surface area contributed by atoms with Crippen molar-refractivity contribution in [2.24, 2.45) is 23.7 Å². The average molecular weight is 200 g/mol. The van der Waals surface area contributed by atoms with Crippen LogP contribution < -0.4 is 0 Å². The van der Waals surface area contributed by atoms with Gasteiger partial charge in [0.05, 0.1) is 12.2 Å². The first kappa shape index (κ1) is 12.0. The van der Waals surface area contributed by atoms with Crippen molar-refractivity contribution in [1.82, 2.24) is 0 Å². The maximum Gasteiger partial charge on any atom is 0.0626 e. The molecule has 84 valence electrons. The van der Waals surface area contributed by atoms with E-state index in [1.54, 1.807) is 6.92 Å². The van der Waals surface area contributed by atoms with E-state index in [-0.39, 0.29) is 18.1 Å². The van der Waals surface area contributed by atoms with Crippen molar-refractivity contribution in [3.8, 4) is 0 Å². The molecule has 0 radical (unpaired) electrons. The molecule has 0 amide bonds. The molecule has 14 heavy (non-hydrogen) atoms. The maximum absolute atomic E-state index is 10.2. The zero-order valence-electron chi connectivity index (χ0n) is 9.77. The van der Waals surface area contributed by atoms with Gasteiger partial charge in [0, 0.05) is 5.92 Å². The molecule has 0 saturated heterocycles. The third kappa shape index (κ3) is 2.29. The molecule has 0 bridgehead atoms. The monoisotopic (exact) mass is 200 g/mol. The summed E-state index contributed by atoms with van der Waals surface area (Å²) in [5.74, 6) is 1.39. The second-order valence-electron chi connectivity index (χ2n) is 5.27. The van der Waals surface area contributed by atoms with Gasteiger partial charge in [-0.1, -0.05) is 20.8 Å². The Kier molecular flexibility index (Phi) is 3.96. The first-order valence-electron chi connectivity index (χ1n) is 5.81. The van der Waals surface area contributed by atoms with Crippen LogP contribution in [0.5, 0.6) is 0 Å². The molecule has 0 spiro atoms. The minimum atomic E-state index is -0.387. The van der Waals surface area contributed by atoms with E-state index < -0.39 is 0 Å². The van der Waals surface area contributed by atoms with Crippen LogP contribution in [0.25, 0.3) is 0 Å². The Morgan fingerprint density at radius 1 is 1.14 bits per heavy atom.